The van der Waals surface area contributed by atoms with E-state index < -0.39 is 0 Å². The molecule has 0 aliphatic carbocycles. The van der Waals surface area contributed by atoms with Gasteiger partial charge in [0.2, 0.25) is 0 Å². The van der Waals surface area contributed by atoms with Crippen molar-refractivity contribution in [2.45, 2.75) is 0 Å². The molecule has 0 N–H and O–H groups in total. The molecule has 0 spiro atoms. The molecular weight excluding hydrogens is 336 g/mol. The van der Waals surface area contributed by atoms with Crippen molar-refractivity contribution in [2.75, 3.05) is 0 Å². The van der Waals surface area contributed by atoms with Gasteiger partial charge in [-0.25, -0.2) is 9.36 Å². The highest BCUT2D eigenvalue weighted by Crippen LogP contribution is 2.30. The summed E-state index contributed by atoms with van der Waals surface area (Å²) in [7, 11) is 0. The first kappa shape index (κ1) is 14.1. The molecule has 5 rings (SSSR count). The lowest BCUT2D eigenvalue weighted by Crippen LogP contribution is -2.03. The lowest BCUT2D eigenvalue weighted by atomic mass is 10.2. The van der Waals surface area contributed by atoms with Crippen molar-refractivity contribution in [1.82, 2.24) is 30.0 Å². The second-order valence-electron chi connectivity index (χ2n) is 5.59. The maximum atomic E-state index is 6.72. The first-order valence-electron chi connectivity index (χ1n) is 7.73. The third kappa shape index (κ3) is 2.11. The number of para-hydroxylation sites is 2. The Kier molecular flexibility index (Phi) is 3.05. The van der Waals surface area contributed by atoms with Gasteiger partial charge in [-0.3, -0.25) is 0 Å². The zero-order valence-electron chi connectivity index (χ0n) is 12.9. The largest absolute Gasteiger partial charge is 0.211 e. The lowest BCUT2D eigenvalue weighted by Gasteiger charge is -2.10. The van der Waals surface area contributed by atoms with E-state index in [4.69, 9.17) is 11.6 Å². The van der Waals surface area contributed by atoms with E-state index in [1.807, 2.05) is 66.7 Å². The number of fused-ring (bicyclic) bond motifs is 2. The molecule has 6 nitrogen and oxygen atoms in total. The number of halogens is 1. The van der Waals surface area contributed by atoms with Crippen molar-refractivity contribution < 1.29 is 0 Å². The van der Waals surface area contributed by atoms with Gasteiger partial charge in [0, 0.05) is 0 Å². The van der Waals surface area contributed by atoms with Crippen molar-refractivity contribution >= 4 is 33.7 Å². The van der Waals surface area contributed by atoms with Gasteiger partial charge >= 0.3 is 0 Å². The van der Waals surface area contributed by atoms with Crippen LogP contribution in [0.25, 0.3) is 33.4 Å². The zero-order valence-corrected chi connectivity index (χ0v) is 13.7. The quantitative estimate of drug-likeness (QED) is 0.487. The van der Waals surface area contributed by atoms with E-state index in [9.17, 15) is 0 Å². The number of hydrogen-bond donors (Lipinski definition) is 0. The maximum absolute atomic E-state index is 6.72. The van der Waals surface area contributed by atoms with Gasteiger partial charge in [-0.05, 0) is 36.4 Å². The molecule has 0 unspecified atom stereocenters. The van der Waals surface area contributed by atoms with Crippen molar-refractivity contribution in [3.8, 4) is 11.4 Å². The molecule has 5 aromatic rings. The van der Waals surface area contributed by atoms with Crippen molar-refractivity contribution in [3.05, 3.63) is 71.8 Å². The van der Waals surface area contributed by atoms with E-state index in [1.165, 1.54) is 0 Å². The third-order valence-corrected chi connectivity index (χ3v) is 4.51. The Bertz CT molecular complexity index is 1130. The normalized spacial score (nSPS) is 11.4. The average molecular weight is 347 g/mol. The van der Waals surface area contributed by atoms with Crippen molar-refractivity contribution in [1.29, 1.82) is 0 Å². The van der Waals surface area contributed by atoms with Crippen LogP contribution in [0.4, 0.5) is 0 Å². The molecule has 0 fully saturated rings. The van der Waals surface area contributed by atoms with Crippen molar-refractivity contribution in [2.24, 2.45) is 0 Å². The Morgan fingerprint density at radius 3 is 1.60 bits per heavy atom. The Morgan fingerprint density at radius 1 is 0.600 bits per heavy atom. The predicted octanol–water partition coefficient (Wildman–Crippen LogP) is 3.81. The monoisotopic (exact) mass is 346 g/mol. The van der Waals surface area contributed by atoms with Gasteiger partial charge in [0.15, 0.2) is 0 Å². The molecule has 2 heterocycles. The van der Waals surface area contributed by atoms with Crippen LogP contribution in [-0.2, 0) is 0 Å². The molecule has 0 aliphatic heterocycles. The Labute approximate surface area is 147 Å². The predicted molar refractivity (Wildman–Crippen MR) is 96.3 cm³/mol. The summed E-state index contributed by atoms with van der Waals surface area (Å²) in [4.78, 5) is 0. The standard InChI is InChI=1S/C18H11ClN6/c19-18-16(24-14-8-3-1-6-12(14)20-22-24)10-5-11-17(18)25-15-9-4-2-7-13(15)21-23-25/h1-11H. The number of rotatable bonds is 2. The summed E-state index contributed by atoms with van der Waals surface area (Å²) in [5.41, 5.74) is 4.90. The Hall–Kier alpha value is -3.25. The minimum absolute atomic E-state index is 0.536. The summed E-state index contributed by atoms with van der Waals surface area (Å²) < 4.78 is 3.47. The number of hydrogen-bond acceptors (Lipinski definition) is 4. The van der Waals surface area contributed by atoms with E-state index in [-0.39, 0.29) is 0 Å². The molecule has 0 aliphatic rings. The molecule has 0 saturated carbocycles. The fourth-order valence-electron chi connectivity index (χ4n) is 2.93. The number of aromatic nitrogens is 6. The highest BCUT2D eigenvalue weighted by atomic mass is 35.5. The summed E-state index contributed by atoms with van der Waals surface area (Å²) in [5, 5.41) is 17.4. The fourth-order valence-corrected chi connectivity index (χ4v) is 3.21. The van der Waals surface area contributed by atoms with Crippen LogP contribution in [0.3, 0.4) is 0 Å². The van der Waals surface area contributed by atoms with Crippen LogP contribution in [0, 0.1) is 0 Å². The first-order chi connectivity index (χ1) is 12.3. The molecule has 2 aromatic heterocycles. The second kappa shape index (κ2) is 5.39. The first-order valence-corrected chi connectivity index (χ1v) is 8.11. The molecule has 0 atom stereocenters. The van der Waals surface area contributed by atoms with Gasteiger partial charge in [-0.2, -0.15) is 0 Å². The fraction of sp³-hybridized carbons (Fsp3) is 0. The van der Waals surface area contributed by atoms with Gasteiger partial charge in [0.1, 0.15) is 11.0 Å². The summed E-state index contributed by atoms with van der Waals surface area (Å²) >= 11 is 6.72. The third-order valence-electron chi connectivity index (χ3n) is 4.12. The molecule has 0 radical (unpaired) electrons. The van der Waals surface area contributed by atoms with E-state index in [0.717, 1.165) is 33.4 Å². The van der Waals surface area contributed by atoms with Crippen LogP contribution in [0.1, 0.15) is 0 Å². The second-order valence-corrected chi connectivity index (χ2v) is 5.97. The number of benzene rings is 3. The minimum Gasteiger partial charge on any atom is -0.211 e. The van der Waals surface area contributed by atoms with Crippen LogP contribution in [0.5, 0.6) is 0 Å². The van der Waals surface area contributed by atoms with Crippen LogP contribution in [-0.4, -0.2) is 30.0 Å². The minimum atomic E-state index is 0.536. The molecule has 120 valence electrons. The van der Waals surface area contributed by atoms with Crippen LogP contribution in [0.2, 0.25) is 5.02 Å². The highest BCUT2D eigenvalue weighted by Gasteiger charge is 2.15. The van der Waals surface area contributed by atoms with Gasteiger partial charge in [-0.1, -0.05) is 52.4 Å². The topological polar surface area (TPSA) is 61.4 Å². The molecule has 0 saturated heterocycles. The van der Waals surface area contributed by atoms with E-state index in [2.05, 4.69) is 20.6 Å². The van der Waals surface area contributed by atoms with Crippen LogP contribution < -0.4 is 0 Å². The zero-order chi connectivity index (χ0) is 16.8. The smallest absolute Gasteiger partial charge is 0.113 e. The van der Waals surface area contributed by atoms with Gasteiger partial charge in [0.05, 0.1) is 27.4 Å². The molecule has 3 aromatic carbocycles. The lowest BCUT2D eigenvalue weighted by molar-refractivity contribution is 0.807. The SMILES string of the molecule is Clc1c(-n2nnc3ccccc32)cccc1-n1nnc2ccccc21. The summed E-state index contributed by atoms with van der Waals surface area (Å²) in [5.74, 6) is 0. The summed E-state index contributed by atoms with van der Waals surface area (Å²) in [6, 6.07) is 21.3. The van der Waals surface area contributed by atoms with E-state index in [0.29, 0.717) is 5.02 Å². The van der Waals surface area contributed by atoms with Gasteiger partial charge in [-0.15, -0.1) is 10.2 Å². The van der Waals surface area contributed by atoms with Crippen molar-refractivity contribution in [3.63, 3.8) is 0 Å². The molecular formula is C18H11ClN6. The Morgan fingerprint density at radius 2 is 1.08 bits per heavy atom. The van der Waals surface area contributed by atoms with E-state index >= 15 is 0 Å². The molecule has 25 heavy (non-hydrogen) atoms. The Balaban J connectivity index is 1.75. The molecule has 7 heteroatoms. The van der Waals surface area contributed by atoms with E-state index in [1.54, 1.807) is 9.36 Å². The molecule has 0 bridgehead atoms. The van der Waals surface area contributed by atoms with Crippen LogP contribution in [0.15, 0.2) is 66.7 Å². The summed E-state index contributed by atoms with van der Waals surface area (Å²) in [6.45, 7) is 0. The summed E-state index contributed by atoms with van der Waals surface area (Å²) in [6.07, 6.45) is 0. The maximum Gasteiger partial charge on any atom is 0.113 e. The van der Waals surface area contributed by atoms with Gasteiger partial charge in [0.25, 0.3) is 0 Å². The highest BCUT2D eigenvalue weighted by molar-refractivity contribution is 6.34. The van der Waals surface area contributed by atoms with Gasteiger partial charge < -0.3 is 0 Å². The van der Waals surface area contributed by atoms with Crippen LogP contribution >= 0.6 is 11.6 Å². The molecule has 0 amide bonds. The number of nitrogens with zero attached hydrogens (tertiary/aromatic N) is 6. The average Bonchev–Trinajstić information content (AvgIpc) is 3.26.